The van der Waals surface area contributed by atoms with Crippen LogP contribution in [0.15, 0.2) is 0 Å². The number of rotatable bonds is 9. The van der Waals surface area contributed by atoms with Crippen LogP contribution in [-0.2, 0) is 14.8 Å². The molecule has 2 N–H and O–H groups in total. The number of sulfonamides is 1. The molecule has 1 fully saturated rings. The zero-order chi connectivity index (χ0) is 15.9. The van der Waals surface area contributed by atoms with Gasteiger partial charge in [0, 0.05) is 25.9 Å². The molecule has 0 bridgehead atoms. The number of carbonyl (C=O) groups is 1. The number of nitrogens with two attached hydrogens (primary N) is 1. The summed E-state index contributed by atoms with van der Waals surface area (Å²) in [6.07, 6.45) is 7.14. The molecule has 21 heavy (non-hydrogen) atoms. The third-order valence-corrected chi connectivity index (χ3v) is 5.72. The van der Waals surface area contributed by atoms with Gasteiger partial charge in [-0.2, -0.15) is 0 Å². The molecular weight excluding hydrogens is 288 g/mol. The van der Waals surface area contributed by atoms with Crippen molar-refractivity contribution in [1.29, 1.82) is 0 Å². The van der Waals surface area contributed by atoms with E-state index < -0.39 is 10.0 Å². The molecule has 6 heteroatoms. The summed E-state index contributed by atoms with van der Waals surface area (Å²) in [6, 6.07) is 0. The van der Waals surface area contributed by atoms with E-state index in [2.05, 4.69) is 6.92 Å². The quantitative estimate of drug-likeness (QED) is 0.702. The van der Waals surface area contributed by atoms with Gasteiger partial charge < -0.3 is 5.73 Å². The summed E-state index contributed by atoms with van der Waals surface area (Å²) in [7, 11) is -3.12. The molecule has 0 aromatic carbocycles. The lowest BCUT2D eigenvalue weighted by molar-refractivity contribution is -0.120. The highest BCUT2D eigenvalue weighted by Gasteiger charge is 2.27. The third-order valence-electron chi connectivity index (χ3n) is 4.45. The molecule has 1 saturated heterocycles. The second-order valence-corrected chi connectivity index (χ2v) is 8.24. The normalized spacial score (nSPS) is 22.1. The van der Waals surface area contributed by atoms with Crippen molar-refractivity contribution in [2.75, 3.05) is 25.9 Å². The Bertz CT molecular complexity index is 423. The van der Waals surface area contributed by atoms with Gasteiger partial charge in [-0.05, 0) is 44.1 Å². The van der Waals surface area contributed by atoms with Gasteiger partial charge in [-0.3, -0.25) is 4.79 Å². The summed E-state index contributed by atoms with van der Waals surface area (Å²) in [4.78, 5) is 12.1. The van der Waals surface area contributed by atoms with E-state index in [1.165, 1.54) is 10.6 Å². The van der Waals surface area contributed by atoms with Crippen LogP contribution < -0.4 is 5.73 Å². The van der Waals surface area contributed by atoms with Crippen molar-refractivity contribution < 1.29 is 13.2 Å². The Labute approximate surface area is 129 Å². The summed E-state index contributed by atoms with van der Waals surface area (Å²) in [5.74, 6) is 0.999. The van der Waals surface area contributed by atoms with Gasteiger partial charge in [0.1, 0.15) is 5.78 Å². The lowest BCUT2D eigenvalue weighted by Crippen LogP contribution is -2.39. The van der Waals surface area contributed by atoms with Crippen LogP contribution in [0.1, 0.15) is 51.9 Å². The number of Topliss-reactive ketones (excluding diaryl/α,β-unsaturated/α-hetero) is 1. The van der Waals surface area contributed by atoms with Crippen LogP contribution in [0.25, 0.3) is 0 Å². The van der Waals surface area contributed by atoms with E-state index in [0.29, 0.717) is 38.4 Å². The van der Waals surface area contributed by atoms with Gasteiger partial charge in [0.2, 0.25) is 10.0 Å². The Morgan fingerprint density at radius 1 is 1.38 bits per heavy atom. The SMILES string of the molecule is CCC(CCN)CCC(=O)CC1CCCN(S(C)(=O)=O)C1. The molecule has 2 atom stereocenters. The fourth-order valence-corrected chi connectivity index (χ4v) is 4.01. The molecule has 2 unspecified atom stereocenters. The van der Waals surface area contributed by atoms with Gasteiger partial charge in [0.05, 0.1) is 6.26 Å². The van der Waals surface area contributed by atoms with Gasteiger partial charge >= 0.3 is 0 Å². The van der Waals surface area contributed by atoms with Crippen molar-refractivity contribution in [3.63, 3.8) is 0 Å². The third kappa shape index (κ3) is 6.89. The average Bonchev–Trinajstić information content (AvgIpc) is 2.42. The second kappa shape index (κ2) is 8.86. The van der Waals surface area contributed by atoms with Gasteiger partial charge in [-0.25, -0.2) is 12.7 Å². The molecule has 0 amide bonds. The number of ketones is 1. The molecule has 124 valence electrons. The summed E-state index contributed by atoms with van der Waals surface area (Å²) < 4.78 is 24.7. The van der Waals surface area contributed by atoms with Crippen LogP contribution in [0.3, 0.4) is 0 Å². The minimum atomic E-state index is -3.12. The molecular formula is C15H30N2O3S. The largest absolute Gasteiger partial charge is 0.330 e. The molecule has 1 heterocycles. The molecule has 0 aliphatic carbocycles. The highest BCUT2D eigenvalue weighted by molar-refractivity contribution is 7.88. The first-order valence-corrected chi connectivity index (χ1v) is 9.88. The number of hydrogen-bond acceptors (Lipinski definition) is 4. The van der Waals surface area contributed by atoms with Gasteiger partial charge in [-0.15, -0.1) is 0 Å². The van der Waals surface area contributed by atoms with E-state index in [0.717, 1.165) is 32.1 Å². The molecule has 0 aromatic heterocycles. The van der Waals surface area contributed by atoms with E-state index in [-0.39, 0.29) is 11.7 Å². The first kappa shape index (κ1) is 18.6. The van der Waals surface area contributed by atoms with Crippen LogP contribution in [0.4, 0.5) is 0 Å². The fraction of sp³-hybridized carbons (Fsp3) is 0.933. The monoisotopic (exact) mass is 318 g/mol. The Kier molecular flexibility index (Phi) is 7.84. The number of carbonyl (C=O) groups excluding carboxylic acids is 1. The van der Waals surface area contributed by atoms with E-state index in [1.807, 2.05) is 0 Å². The van der Waals surface area contributed by atoms with E-state index >= 15 is 0 Å². The van der Waals surface area contributed by atoms with Gasteiger partial charge in [0.15, 0.2) is 0 Å². The van der Waals surface area contributed by atoms with Crippen molar-refractivity contribution in [3.05, 3.63) is 0 Å². The predicted molar refractivity (Wildman–Crippen MR) is 85.5 cm³/mol. The second-order valence-electron chi connectivity index (χ2n) is 6.26. The van der Waals surface area contributed by atoms with Crippen molar-refractivity contribution in [3.8, 4) is 0 Å². The number of piperidine rings is 1. The molecule has 5 nitrogen and oxygen atoms in total. The minimum Gasteiger partial charge on any atom is -0.330 e. The molecule has 0 aromatic rings. The minimum absolute atomic E-state index is 0.190. The fourth-order valence-electron chi connectivity index (χ4n) is 3.07. The Morgan fingerprint density at radius 2 is 2.10 bits per heavy atom. The first-order chi connectivity index (χ1) is 9.86. The highest BCUT2D eigenvalue weighted by atomic mass is 32.2. The molecule has 0 spiro atoms. The van der Waals surface area contributed by atoms with E-state index in [9.17, 15) is 13.2 Å². The van der Waals surface area contributed by atoms with Crippen LogP contribution in [0.5, 0.6) is 0 Å². The summed E-state index contributed by atoms with van der Waals surface area (Å²) in [5.41, 5.74) is 5.57. The van der Waals surface area contributed by atoms with Crippen molar-refractivity contribution in [2.45, 2.75) is 51.9 Å². The lowest BCUT2D eigenvalue weighted by Gasteiger charge is -2.30. The highest BCUT2D eigenvalue weighted by Crippen LogP contribution is 2.23. The zero-order valence-corrected chi connectivity index (χ0v) is 14.2. The van der Waals surface area contributed by atoms with E-state index in [1.54, 1.807) is 0 Å². The Hall–Kier alpha value is -0.460. The maximum Gasteiger partial charge on any atom is 0.211 e. The molecule has 1 aliphatic heterocycles. The molecule has 1 aliphatic rings. The van der Waals surface area contributed by atoms with Crippen LogP contribution in [0, 0.1) is 11.8 Å². The average molecular weight is 318 g/mol. The smallest absolute Gasteiger partial charge is 0.211 e. The van der Waals surface area contributed by atoms with Crippen LogP contribution in [0.2, 0.25) is 0 Å². The first-order valence-electron chi connectivity index (χ1n) is 8.03. The lowest BCUT2D eigenvalue weighted by atomic mass is 9.90. The standard InChI is InChI=1S/C15H30N2O3S/c1-3-13(8-9-16)6-7-15(18)11-14-5-4-10-17(12-14)21(2,19)20/h13-14H,3-12,16H2,1-2H3. The summed E-state index contributed by atoms with van der Waals surface area (Å²) >= 11 is 0. The molecule has 1 rings (SSSR count). The van der Waals surface area contributed by atoms with Gasteiger partial charge in [0.25, 0.3) is 0 Å². The topological polar surface area (TPSA) is 80.5 Å². The predicted octanol–water partition coefficient (Wildman–Crippen LogP) is 1.77. The maximum atomic E-state index is 12.1. The Morgan fingerprint density at radius 3 is 2.67 bits per heavy atom. The Balaban J connectivity index is 2.37. The van der Waals surface area contributed by atoms with Crippen LogP contribution >= 0.6 is 0 Å². The van der Waals surface area contributed by atoms with Crippen molar-refractivity contribution in [1.82, 2.24) is 4.31 Å². The zero-order valence-electron chi connectivity index (χ0n) is 13.4. The molecule has 0 radical (unpaired) electrons. The number of nitrogens with zero attached hydrogens (tertiary/aromatic N) is 1. The summed E-state index contributed by atoms with van der Waals surface area (Å²) in [5, 5.41) is 0. The maximum absolute atomic E-state index is 12.1. The molecule has 0 saturated carbocycles. The summed E-state index contributed by atoms with van der Waals surface area (Å²) in [6.45, 7) is 3.91. The van der Waals surface area contributed by atoms with Crippen molar-refractivity contribution in [2.24, 2.45) is 17.6 Å². The van der Waals surface area contributed by atoms with Crippen molar-refractivity contribution >= 4 is 15.8 Å². The number of hydrogen-bond donors (Lipinski definition) is 1. The van der Waals surface area contributed by atoms with E-state index in [4.69, 9.17) is 5.73 Å². The van der Waals surface area contributed by atoms with Crippen LogP contribution in [-0.4, -0.2) is 44.4 Å². The van der Waals surface area contributed by atoms with Gasteiger partial charge in [-0.1, -0.05) is 13.3 Å².